The molecule has 0 unspecified atom stereocenters. The first-order valence-corrected chi connectivity index (χ1v) is 9.48. The Hall–Kier alpha value is -0.530. The molecular formula is C19H29NO. The fourth-order valence-electron chi connectivity index (χ4n) is 7.48. The first kappa shape index (κ1) is 13.0. The molecule has 0 aliphatic heterocycles. The molecule has 2 nitrogen and oxygen atoms in total. The summed E-state index contributed by atoms with van der Waals surface area (Å²) < 4.78 is 0. The molecule has 116 valence electrons. The molecule has 1 N–H and O–H groups in total. The molecule has 0 heterocycles. The smallest absolute Gasteiger partial charge is 0.220 e. The molecule has 21 heavy (non-hydrogen) atoms. The highest BCUT2D eigenvalue weighted by Crippen LogP contribution is 2.56. The predicted octanol–water partition coefficient (Wildman–Crippen LogP) is 3.90. The Morgan fingerprint density at radius 1 is 0.857 bits per heavy atom. The van der Waals surface area contributed by atoms with Gasteiger partial charge in [0.15, 0.2) is 0 Å². The van der Waals surface area contributed by atoms with Gasteiger partial charge in [-0.05, 0) is 93.3 Å². The summed E-state index contributed by atoms with van der Waals surface area (Å²) in [5.74, 6) is 5.76. The van der Waals surface area contributed by atoms with Gasteiger partial charge in [0.25, 0.3) is 0 Å². The number of hydrogen-bond acceptors (Lipinski definition) is 1. The third-order valence-electron chi connectivity index (χ3n) is 7.77. The molecule has 0 aromatic carbocycles. The number of fused-ring (bicyclic) bond motifs is 2. The van der Waals surface area contributed by atoms with E-state index in [4.69, 9.17) is 0 Å². The molecular weight excluding hydrogens is 258 g/mol. The lowest BCUT2D eigenvalue weighted by molar-refractivity contribution is -0.128. The van der Waals surface area contributed by atoms with Crippen molar-refractivity contribution in [2.45, 2.75) is 76.2 Å². The van der Waals surface area contributed by atoms with Crippen LogP contribution in [0.15, 0.2) is 0 Å². The van der Waals surface area contributed by atoms with Crippen molar-refractivity contribution in [3.63, 3.8) is 0 Å². The highest BCUT2D eigenvalue weighted by molar-refractivity contribution is 5.77. The largest absolute Gasteiger partial charge is 0.351 e. The second kappa shape index (κ2) is 4.49. The van der Waals surface area contributed by atoms with Gasteiger partial charge in [-0.15, -0.1) is 0 Å². The lowest BCUT2D eigenvalue weighted by atomic mass is 9.53. The van der Waals surface area contributed by atoms with Crippen molar-refractivity contribution in [3.8, 4) is 0 Å². The molecule has 6 fully saturated rings. The predicted molar refractivity (Wildman–Crippen MR) is 82.6 cm³/mol. The molecule has 0 saturated heterocycles. The van der Waals surface area contributed by atoms with E-state index in [1.807, 2.05) is 0 Å². The van der Waals surface area contributed by atoms with Gasteiger partial charge in [0, 0.05) is 12.0 Å². The second-order valence-electron chi connectivity index (χ2n) is 9.39. The van der Waals surface area contributed by atoms with E-state index in [-0.39, 0.29) is 5.54 Å². The van der Waals surface area contributed by atoms with E-state index in [0.29, 0.717) is 5.91 Å². The number of hydrogen-bond donors (Lipinski definition) is 1. The fourth-order valence-corrected chi connectivity index (χ4v) is 7.48. The maximum atomic E-state index is 12.6. The zero-order valence-corrected chi connectivity index (χ0v) is 13.2. The highest BCUT2D eigenvalue weighted by Gasteiger charge is 2.51. The molecule has 6 rings (SSSR count). The molecule has 6 aliphatic carbocycles. The number of carbonyl (C=O) groups excluding carboxylic acids is 1. The number of amides is 1. The SMILES string of the molecule is O=C(C[C@H]1C[C@H]2CC[C@H]1C2)NC12CC3CC(CC(C3)C1)C2. The topological polar surface area (TPSA) is 29.1 Å². The Morgan fingerprint density at radius 2 is 1.52 bits per heavy atom. The van der Waals surface area contributed by atoms with Crippen LogP contribution in [-0.4, -0.2) is 11.4 Å². The van der Waals surface area contributed by atoms with Gasteiger partial charge in [-0.25, -0.2) is 0 Å². The summed E-state index contributed by atoms with van der Waals surface area (Å²) in [7, 11) is 0. The average Bonchev–Trinajstić information content (AvgIpc) is 2.98. The number of nitrogens with one attached hydrogen (secondary N) is 1. The molecule has 1 amide bonds. The van der Waals surface area contributed by atoms with Crippen molar-refractivity contribution in [2.75, 3.05) is 0 Å². The number of carbonyl (C=O) groups is 1. The third-order valence-corrected chi connectivity index (χ3v) is 7.77. The van der Waals surface area contributed by atoms with Crippen LogP contribution < -0.4 is 5.32 Å². The molecule has 0 radical (unpaired) electrons. The maximum Gasteiger partial charge on any atom is 0.220 e. The Morgan fingerprint density at radius 3 is 2.05 bits per heavy atom. The van der Waals surface area contributed by atoms with Gasteiger partial charge in [-0.1, -0.05) is 6.42 Å². The van der Waals surface area contributed by atoms with Crippen molar-refractivity contribution in [2.24, 2.45) is 35.5 Å². The van der Waals surface area contributed by atoms with Gasteiger partial charge in [0.05, 0.1) is 0 Å². The summed E-state index contributed by atoms with van der Waals surface area (Å²) in [5.41, 5.74) is 0.226. The summed E-state index contributed by atoms with van der Waals surface area (Å²) in [6, 6.07) is 0. The van der Waals surface area contributed by atoms with Crippen LogP contribution in [0.1, 0.15) is 70.6 Å². The van der Waals surface area contributed by atoms with E-state index in [0.717, 1.165) is 41.9 Å². The molecule has 0 aromatic heterocycles. The highest BCUT2D eigenvalue weighted by atomic mass is 16.1. The van der Waals surface area contributed by atoms with E-state index in [1.54, 1.807) is 0 Å². The molecule has 3 atom stereocenters. The van der Waals surface area contributed by atoms with Crippen molar-refractivity contribution in [1.82, 2.24) is 5.32 Å². The minimum absolute atomic E-state index is 0.226. The number of rotatable bonds is 3. The second-order valence-corrected chi connectivity index (χ2v) is 9.39. The molecule has 0 aromatic rings. The van der Waals surface area contributed by atoms with Crippen molar-refractivity contribution < 1.29 is 4.79 Å². The van der Waals surface area contributed by atoms with Gasteiger partial charge in [-0.3, -0.25) is 4.79 Å². The Balaban J connectivity index is 1.24. The van der Waals surface area contributed by atoms with Crippen LogP contribution in [0, 0.1) is 35.5 Å². The van der Waals surface area contributed by atoms with Crippen LogP contribution in [-0.2, 0) is 4.79 Å². The first-order valence-electron chi connectivity index (χ1n) is 9.48. The van der Waals surface area contributed by atoms with Crippen LogP contribution in [0.3, 0.4) is 0 Å². The van der Waals surface area contributed by atoms with E-state index in [9.17, 15) is 4.79 Å². The summed E-state index contributed by atoms with van der Waals surface area (Å²) >= 11 is 0. The lowest BCUT2D eigenvalue weighted by Gasteiger charge is -2.57. The van der Waals surface area contributed by atoms with Crippen molar-refractivity contribution in [3.05, 3.63) is 0 Å². The Bertz CT molecular complexity index is 421. The summed E-state index contributed by atoms with van der Waals surface area (Å²) in [5, 5.41) is 3.57. The van der Waals surface area contributed by atoms with Gasteiger partial charge in [0.2, 0.25) is 5.91 Å². The van der Waals surface area contributed by atoms with Gasteiger partial charge in [0.1, 0.15) is 0 Å². The van der Waals surface area contributed by atoms with Crippen LogP contribution in [0.5, 0.6) is 0 Å². The summed E-state index contributed by atoms with van der Waals surface area (Å²) in [4.78, 5) is 12.6. The van der Waals surface area contributed by atoms with E-state index in [1.165, 1.54) is 64.2 Å². The average molecular weight is 287 g/mol. The van der Waals surface area contributed by atoms with E-state index >= 15 is 0 Å². The lowest BCUT2D eigenvalue weighted by Crippen LogP contribution is -2.60. The first-order chi connectivity index (χ1) is 10.2. The standard InChI is InChI=1S/C19H29NO/c21-18(8-17-7-12-1-2-16(17)6-12)20-19-9-13-3-14(10-19)5-15(4-13)11-19/h12-17H,1-11H2,(H,20,21)/t12-,13?,14?,15?,16-,17+,19?/m0/s1. The minimum atomic E-state index is 0.226. The van der Waals surface area contributed by atoms with E-state index < -0.39 is 0 Å². The zero-order valence-electron chi connectivity index (χ0n) is 13.2. The third kappa shape index (κ3) is 2.16. The molecule has 6 aliphatic rings. The van der Waals surface area contributed by atoms with Crippen molar-refractivity contribution >= 4 is 5.91 Å². The van der Waals surface area contributed by atoms with Gasteiger partial charge in [-0.2, -0.15) is 0 Å². The molecule has 6 bridgehead atoms. The minimum Gasteiger partial charge on any atom is -0.351 e. The summed E-state index contributed by atoms with van der Waals surface area (Å²) in [6.45, 7) is 0. The van der Waals surface area contributed by atoms with Crippen LogP contribution >= 0.6 is 0 Å². The maximum absolute atomic E-state index is 12.6. The fraction of sp³-hybridized carbons (Fsp3) is 0.947. The Labute approximate surface area is 128 Å². The summed E-state index contributed by atoms with van der Waals surface area (Å²) in [6.07, 6.45) is 14.7. The normalized spacial score (nSPS) is 53.3. The monoisotopic (exact) mass is 287 g/mol. The molecule has 2 heteroatoms. The van der Waals surface area contributed by atoms with Crippen LogP contribution in [0.25, 0.3) is 0 Å². The molecule has 0 spiro atoms. The quantitative estimate of drug-likeness (QED) is 0.838. The van der Waals surface area contributed by atoms with Gasteiger partial charge >= 0.3 is 0 Å². The van der Waals surface area contributed by atoms with Crippen molar-refractivity contribution in [1.29, 1.82) is 0 Å². The van der Waals surface area contributed by atoms with E-state index in [2.05, 4.69) is 5.32 Å². The van der Waals surface area contributed by atoms with Crippen LogP contribution in [0.2, 0.25) is 0 Å². The Kier molecular flexibility index (Phi) is 2.77. The van der Waals surface area contributed by atoms with Crippen LogP contribution in [0.4, 0.5) is 0 Å². The zero-order chi connectivity index (χ0) is 14.0. The molecule has 6 saturated carbocycles. The van der Waals surface area contributed by atoms with Gasteiger partial charge < -0.3 is 5.32 Å².